The Kier molecular flexibility index (Phi) is 4.76. The predicted octanol–water partition coefficient (Wildman–Crippen LogP) is 1.48. The Morgan fingerprint density at radius 2 is 2.17 bits per heavy atom. The van der Waals surface area contributed by atoms with E-state index >= 15 is 0 Å². The number of carboxylic acid groups (broad SMARTS) is 1. The monoisotopic (exact) mass is 171 g/mol. The third-order valence-corrected chi connectivity index (χ3v) is 1.41. The van der Waals surface area contributed by atoms with Crippen molar-refractivity contribution in [2.75, 3.05) is 6.54 Å². The maximum atomic E-state index is 10.9. The number of unbranched alkanes of at least 4 members (excludes halogenated alkanes) is 1. The molecule has 0 atom stereocenters. The second-order valence-electron chi connectivity index (χ2n) is 2.33. The van der Waals surface area contributed by atoms with Gasteiger partial charge in [-0.1, -0.05) is 19.9 Å². The first-order chi connectivity index (χ1) is 5.63. The molecule has 4 heteroatoms. The van der Waals surface area contributed by atoms with Crippen molar-refractivity contribution in [3.05, 3.63) is 12.7 Å². The van der Waals surface area contributed by atoms with Gasteiger partial charge < -0.3 is 5.11 Å². The van der Waals surface area contributed by atoms with E-state index in [1.807, 2.05) is 6.92 Å². The maximum Gasteiger partial charge on any atom is 0.414 e. The van der Waals surface area contributed by atoms with Crippen molar-refractivity contribution in [2.45, 2.75) is 19.8 Å². The minimum atomic E-state index is -1.21. The molecule has 0 fully saturated rings. The van der Waals surface area contributed by atoms with E-state index < -0.39 is 12.0 Å². The van der Waals surface area contributed by atoms with Crippen LogP contribution in [0.3, 0.4) is 0 Å². The van der Waals surface area contributed by atoms with E-state index in [4.69, 9.17) is 5.11 Å². The topological polar surface area (TPSA) is 57.6 Å². The Balaban J connectivity index is 4.13. The molecule has 0 aromatic rings. The molecule has 0 heterocycles. The van der Waals surface area contributed by atoms with E-state index in [0.29, 0.717) is 6.42 Å². The van der Waals surface area contributed by atoms with Crippen LogP contribution in [0.25, 0.3) is 0 Å². The zero-order valence-corrected chi connectivity index (χ0v) is 7.12. The smallest absolute Gasteiger partial charge is 0.414 e. The summed E-state index contributed by atoms with van der Waals surface area (Å²) in [5, 5.41) is 8.56. The number of carbonyl (C=O) groups is 2. The fourth-order valence-corrected chi connectivity index (χ4v) is 0.727. The fourth-order valence-electron chi connectivity index (χ4n) is 0.727. The van der Waals surface area contributed by atoms with Gasteiger partial charge in [0.1, 0.15) is 0 Å². The van der Waals surface area contributed by atoms with Gasteiger partial charge in [0.05, 0.1) is 0 Å². The van der Waals surface area contributed by atoms with Gasteiger partial charge in [-0.3, -0.25) is 4.79 Å². The van der Waals surface area contributed by atoms with Crippen molar-refractivity contribution in [2.24, 2.45) is 0 Å². The Bertz CT molecular complexity index is 189. The summed E-state index contributed by atoms with van der Waals surface area (Å²) in [7, 11) is 0. The highest BCUT2D eigenvalue weighted by atomic mass is 16.4. The molecule has 12 heavy (non-hydrogen) atoms. The minimum Gasteiger partial charge on any atom is -0.465 e. The number of hydrogen-bond acceptors (Lipinski definition) is 2. The lowest BCUT2D eigenvalue weighted by atomic mass is 10.3. The summed E-state index contributed by atoms with van der Waals surface area (Å²) in [6.07, 6.45) is 1.33. The Labute approximate surface area is 71.5 Å². The molecule has 68 valence electrons. The van der Waals surface area contributed by atoms with Crippen molar-refractivity contribution in [3.63, 3.8) is 0 Å². The molecule has 4 nitrogen and oxygen atoms in total. The van der Waals surface area contributed by atoms with E-state index in [0.717, 1.165) is 17.4 Å². The van der Waals surface area contributed by atoms with Gasteiger partial charge in [0.2, 0.25) is 0 Å². The van der Waals surface area contributed by atoms with Crippen molar-refractivity contribution < 1.29 is 14.7 Å². The zero-order valence-electron chi connectivity index (χ0n) is 7.12. The quantitative estimate of drug-likeness (QED) is 0.652. The van der Waals surface area contributed by atoms with Crippen molar-refractivity contribution in [3.8, 4) is 0 Å². The molecule has 0 bridgehead atoms. The van der Waals surface area contributed by atoms with E-state index in [-0.39, 0.29) is 6.54 Å². The zero-order chi connectivity index (χ0) is 9.56. The molecule has 0 aromatic carbocycles. The van der Waals surface area contributed by atoms with Crippen molar-refractivity contribution in [1.82, 2.24) is 4.90 Å². The van der Waals surface area contributed by atoms with Crippen molar-refractivity contribution in [1.29, 1.82) is 0 Å². The SMILES string of the molecule is C=CC(=O)N(CCCC)C(=O)O. The van der Waals surface area contributed by atoms with Gasteiger partial charge in [0, 0.05) is 6.54 Å². The second-order valence-corrected chi connectivity index (χ2v) is 2.33. The van der Waals surface area contributed by atoms with E-state index in [2.05, 4.69) is 6.58 Å². The molecule has 0 rings (SSSR count). The highest BCUT2D eigenvalue weighted by Crippen LogP contribution is 1.97. The van der Waals surface area contributed by atoms with E-state index in [1.165, 1.54) is 0 Å². The van der Waals surface area contributed by atoms with Gasteiger partial charge in [-0.15, -0.1) is 0 Å². The first-order valence-electron chi connectivity index (χ1n) is 3.80. The average Bonchev–Trinajstić information content (AvgIpc) is 2.04. The van der Waals surface area contributed by atoms with Crippen LogP contribution in [0.4, 0.5) is 4.79 Å². The molecule has 0 aliphatic heterocycles. The van der Waals surface area contributed by atoms with E-state index in [9.17, 15) is 9.59 Å². The van der Waals surface area contributed by atoms with Crippen LogP contribution >= 0.6 is 0 Å². The molecule has 2 amide bonds. The number of rotatable bonds is 4. The van der Waals surface area contributed by atoms with Crippen LogP contribution in [0.2, 0.25) is 0 Å². The van der Waals surface area contributed by atoms with Crippen LogP contribution in [-0.2, 0) is 4.79 Å². The molecular weight excluding hydrogens is 158 g/mol. The summed E-state index contributed by atoms with van der Waals surface area (Å²) in [6, 6.07) is 0. The molecule has 0 spiro atoms. The summed E-state index contributed by atoms with van der Waals surface area (Å²) in [4.78, 5) is 22.1. The van der Waals surface area contributed by atoms with Crippen LogP contribution in [0.15, 0.2) is 12.7 Å². The van der Waals surface area contributed by atoms with Crippen LogP contribution in [-0.4, -0.2) is 28.6 Å². The fraction of sp³-hybridized carbons (Fsp3) is 0.500. The minimum absolute atomic E-state index is 0.247. The highest BCUT2D eigenvalue weighted by Gasteiger charge is 2.16. The Morgan fingerprint density at radius 1 is 1.58 bits per heavy atom. The van der Waals surface area contributed by atoms with Gasteiger partial charge in [0.25, 0.3) is 5.91 Å². The molecule has 0 saturated heterocycles. The largest absolute Gasteiger partial charge is 0.465 e. The first-order valence-corrected chi connectivity index (χ1v) is 3.80. The molecule has 1 N–H and O–H groups in total. The number of carbonyl (C=O) groups excluding carboxylic acids is 1. The number of hydrogen-bond donors (Lipinski definition) is 1. The number of imide groups is 1. The third-order valence-electron chi connectivity index (χ3n) is 1.41. The van der Waals surface area contributed by atoms with Crippen LogP contribution in [0, 0.1) is 0 Å². The third kappa shape index (κ3) is 3.18. The molecule has 0 aliphatic carbocycles. The van der Waals surface area contributed by atoms with Gasteiger partial charge >= 0.3 is 6.09 Å². The van der Waals surface area contributed by atoms with Gasteiger partial charge in [-0.25, -0.2) is 9.69 Å². The molecule has 0 aromatic heterocycles. The molecule has 0 aliphatic rings. The maximum absolute atomic E-state index is 10.9. The highest BCUT2D eigenvalue weighted by molar-refractivity contribution is 5.97. The van der Waals surface area contributed by atoms with Crippen LogP contribution in [0.1, 0.15) is 19.8 Å². The molecule has 0 saturated carbocycles. The summed E-state index contributed by atoms with van der Waals surface area (Å²) in [6.45, 7) is 5.39. The predicted molar refractivity (Wildman–Crippen MR) is 44.8 cm³/mol. The summed E-state index contributed by atoms with van der Waals surface area (Å²) in [5.41, 5.74) is 0. The van der Waals surface area contributed by atoms with Gasteiger partial charge in [-0.05, 0) is 12.5 Å². The number of nitrogens with zero attached hydrogens (tertiary/aromatic N) is 1. The van der Waals surface area contributed by atoms with Crippen molar-refractivity contribution >= 4 is 12.0 Å². The van der Waals surface area contributed by atoms with Crippen LogP contribution < -0.4 is 0 Å². The molecule has 0 radical (unpaired) electrons. The standard InChI is InChI=1S/C8H13NO3/c1-3-5-6-9(8(11)12)7(10)4-2/h4H,2-3,5-6H2,1H3,(H,11,12). The first kappa shape index (κ1) is 10.7. The molecule has 0 unspecified atom stereocenters. The Morgan fingerprint density at radius 3 is 2.50 bits per heavy atom. The van der Waals surface area contributed by atoms with E-state index in [1.54, 1.807) is 0 Å². The average molecular weight is 171 g/mol. The van der Waals surface area contributed by atoms with Crippen LogP contribution in [0.5, 0.6) is 0 Å². The molecular formula is C8H13NO3. The lowest BCUT2D eigenvalue weighted by Crippen LogP contribution is -2.35. The lowest BCUT2D eigenvalue weighted by molar-refractivity contribution is -0.124. The Hall–Kier alpha value is -1.32. The summed E-state index contributed by atoms with van der Waals surface area (Å²) < 4.78 is 0. The van der Waals surface area contributed by atoms with Gasteiger partial charge in [-0.2, -0.15) is 0 Å². The lowest BCUT2D eigenvalue weighted by Gasteiger charge is -2.13. The second kappa shape index (κ2) is 5.35. The normalized spacial score (nSPS) is 9.08. The number of amides is 2. The summed E-state index contributed by atoms with van der Waals surface area (Å²) in [5.74, 6) is -0.559. The summed E-state index contributed by atoms with van der Waals surface area (Å²) >= 11 is 0. The van der Waals surface area contributed by atoms with Gasteiger partial charge in [0.15, 0.2) is 0 Å².